The Bertz CT molecular complexity index is 968. The van der Waals surface area contributed by atoms with E-state index in [-0.39, 0.29) is 12.2 Å². The first-order valence-corrected chi connectivity index (χ1v) is 9.57. The fourth-order valence-electron chi connectivity index (χ4n) is 3.98. The van der Waals surface area contributed by atoms with Crippen molar-refractivity contribution in [2.24, 2.45) is 11.8 Å². The molecule has 0 aromatic heterocycles. The van der Waals surface area contributed by atoms with Crippen LogP contribution < -0.4 is 5.32 Å². The van der Waals surface area contributed by atoms with Gasteiger partial charge in [0, 0.05) is 6.54 Å². The molecule has 4 heterocycles. The highest BCUT2D eigenvalue weighted by Crippen LogP contribution is 2.43. The molecule has 2 bridgehead atoms. The van der Waals surface area contributed by atoms with Gasteiger partial charge in [0.05, 0.1) is 30.4 Å². The number of ether oxygens (including phenoxy) is 1. The molecule has 10 nitrogen and oxygen atoms in total. The average Bonchev–Trinajstić information content (AvgIpc) is 3.48. The number of aromatic nitrogens is 4. The summed E-state index contributed by atoms with van der Waals surface area (Å²) in [4.78, 5) is 36.9. The van der Waals surface area contributed by atoms with Crippen molar-refractivity contribution in [1.29, 1.82) is 0 Å². The summed E-state index contributed by atoms with van der Waals surface area (Å²) in [5.74, 6) is -2.32. The van der Waals surface area contributed by atoms with E-state index in [0.717, 1.165) is 18.1 Å². The lowest BCUT2D eigenvalue weighted by molar-refractivity contribution is -0.154. The van der Waals surface area contributed by atoms with Crippen LogP contribution in [0.15, 0.2) is 43.0 Å². The number of hydrogen-bond donors (Lipinski definition) is 4. The molecular formula is C20H21N5O5. The van der Waals surface area contributed by atoms with Gasteiger partial charge in [0.1, 0.15) is 17.8 Å². The number of H-pyrrole nitrogens is 1. The van der Waals surface area contributed by atoms with Gasteiger partial charge in [0.15, 0.2) is 5.82 Å². The molecule has 4 aliphatic heterocycles. The van der Waals surface area contributed by atoms with Crippen LogP contribution in [0.3, 0.4) is 0 Å². The minimum atomic E-state index is -1.06. The summed E-state index contributed by atoms with van der Waals surface area (Å²) in [6.45, 7) is 0.739. The number of carboxylic acids is 2. The molecule has 0 amide bonds. The lowest BCUT2D eigenvalue weighted by Crippen LogP contribution is -2.38. The number of carbonyl (C=O) groups is 2. The molecule has 5 rings (SSSR count). The highest BCUT2D eigenvalue weighted by Gasteiger charge is 2.55. The van der Waals surface area contributed by atoms with E-state index in [9.17, 15) is 9.59 Å². The second-order valence-electron chi connectivity index (χ2n) is 7.18. The predicted octanol–water partition coefficient (Wildman–Crippen LogP) is 1.87. The normalized spacial score (nSPS) is 24.3. The van der Waals surface area contributed by atoms with Crippen LogP contribution in [0.25, 0.3) is 11.5 Å². The average molecular weight is 411 g/mol. The maximum atomic E-state index is 10.8. The molecular weight excluding hydrogens is 390 g/mol. The van der Waals surface area contributed by atoms with E-state index in [4.69, 9.17) is 14.9 Å². The molecule has 1 aromatic carbocycles. The Morgan fingerprint density at radius 1 is 1.03 bits per heavy atom. The smallest absolute Gasteiger partial charge is 0.310 e. The van der Waals surface area contributed by atoms with Gasteiger partial charge < -0.3 is 25.3 Å². The molecule has 4 atom stereocenters. The van der Waals surface area contributed by atoms with Crippen LogP contribution in [0, 0.1) is 11.8 Å². The van der Waals surface area contributed by atoms with Crippen molar-refractivity contribution < 1.29 is 24.5 Å². The first-order valence-electron chi connectivity index (χ1n) is 9.57. The molecule has 0 aliphatic carbocycles. The number of imidazole rings is 1. The number of carboxylic acid groups (broad SMARTS) is 2. The molecule has 2 saturated heterocycles. The molecule has 4 unspecified atom stereocenters. The Kier molecular flexibility index (Phi) is 5.57. The van der Waals surface area contributed by atoms with Gasteiger partial charge in [-0.2, -0.15) is 0 Å². The minimum absolute atomic E-state index is 0.386. The van der Waals surface area contributed by atoms with Gasteiger partial charge in [-0.25, -0.2) is 15.0 Å². The van der Waals surface area contributed by atoms with Crippen molar-refractivity contribution in [2.45, 2.75) is 31.6 Å². The van der Waals surface area contributed by atoms with Gasteiger partial charge in [-0.15, -0.1) is 0 Å². The Balaban J connectivity index is 0.000000151. The fraction of sp³-hybridized carbons (Fsp3) is 0.350. The molecule has 2 fully saturated rings. The van der Waals surface area contributed by atoms with Crippen molar-refractivity contribution in [3.8, 4) is 11.5 Å². The summed E-state index contributed by atoms with van der Waals surface area (Å²) in [5, 5.41) is 20.9. The topological polar surface area (TPSA) is 150 Å². The molecule has 0 radical (unpaired) electrons. The summed E-state index contributed by atoms with van der Waals surface area (Å²) in [5.41, 5.74) is 1.98. The quantitative estimate of drug-likeness (QED) is 0.493. The fourth-order valence-corrected chi connectivity index (χ4v) is 3.98. The van der Waals surface area contributed by atoms with Gasteiger partial charge in [0.2, 0.25) is 0 Å². The number of benzene rings is 1. The van der Waals surface area contributed by atoms with E-state index in [2.05, 4.69) is 37.4 Å². The largest absolute Gasteiger partial charge is 0.481 e. The van der Waals surface area contributed by atoms with Crippen LogP contribution in [0.4, 0.5) is 5.82 Å². The summed E-state index contributed by atoms with van der Waals surface area (Å²) in [6, 6.07) is 10.2. The molecule has 1 aromatic rings. The highest BCUT2D eigenvalue weighted by atomic mass is 16.5. The van der Waals surface area contributed by atoms with E-state index >= 15 is 0 Å². The van der Waals surface area contributed by atoms with E-state index in [1.807, 2.05) is 18.2 Å². The molecule has 0 spiro atoms. The number of anilines is 1. The van der Waals surface area contributed by atoms with Crippen LogP contribution in [-0.4, -0.2) is 54.3 Å². The second-order valence-corrected chi connectivity index (χ2v) is 7.18. The number of rotatable bonds is 5. The minimum Gasteiger partial charge on any atom is -0.481 e. The van der Waals surface area contributed by atoms with Gasteiger partial charge >= 0.3 is 11.9 Å². The number of fused-ring (bicyclic) bond motifs is 3. The Morgan fingerprint density at radius 3 is 2.33 bits per heavy atom. The standard InChI is InChI=1S/C12H11N5.C8H10O5/c1-2-4-9(5-3-1)6-13-11-10-12(15-7-14-10)17-8-16-11;9-7(10)5-3-1-2-4(13-3)6(5)8(11)12/h1-5,7-8H,6H2,(H2,13,14,15,16,17);3-6H,1-2H2,(H,9,10)(H,11,12). The number of hydrogen-bond acceptors (Lipinski definition) is 7. The SMILES string of the molecule is O=C(O)C1C2CCC(O2)C1C(=O)O.c1ccc(CNc2[nH]cnc3ncnc2-3)cc1. The Hall–Kier alpha value is -3.53. The van der Waals surface area contributed by atoms with Crippen molar-refractivity contribution >= 4 is 17.8 Å². The van der Waals surface area contributed by atoms with Gasteiger partial charge in [0.25, 0.3) is 0 Å². The molecule has 10 heteroatoms. The molecule has 4 N–H and O–H groups in total. The maximum absolute atomic E-state index is 10.8. The second kappa shape index (κ2) is 8.46. The predicted molar refractivity (Wildman–Crippen MR) is 105 cm³/mol. The maximum Gasteiger partial charge on any atom is 0.310 e. The number of aliphatic carboxylic acids is 2. The molecule has 30 heavy (non-hydrogen) atoms. The van der Waals surface area contributed by atoms with E-state index < -0.39 is 23.8 Å². The lowest BCUT2D eigenvalue weighted by Gasteiger charge is -2.20. The van der Waals surface area contributed by atoms with E-state index in [1.165, 1.54) is 11.9 Å². The summed E-state index contributed by atoms with van der Waals surface area (Å²) in [6.07, 6.45) is 3.70. The van der Waals surface area contributed by atoms with Crippen molar-refractivity contribution in [3.63, 3.8) is 0 Å². The first kappa shape index (κ1) is 19.8. The van der Waals surface area contributed by atoms with Crippen molar-refractivity contribution in [3.05, 3.63) is 48.5 Å². The van der Waals surface area contributed by atoms with Gasteiger partial charge in [-0.3, -0.25) is 9.59 Å². The van der Waals surface area contributed by atoms with Crippen LogP contribution in [0.5, 0.6) is 0 Å². The number of nitrogens with one attached hydrogen (secondary N) is 2. The van der Waals surface area contributed by atoms with Crippen LogP contribution >= 0.6 is 0 Å². The molecule has 156 valence electrons. The zero-order valence-corrected chi connectivity index (χ0v) is 15.9. The van der Waals surface area contributed by atoms with Crippen LogP contribution in [0.2, 0.25) is 0 Å². The molecule has 0 saturated carbocycles. The zero-order chi connectivity index (χ0) is 21.1. The van der Waals surface area contributed by atoms with E-state index in [0.29, 0.717) is 18.7 Å². The summed E-state index contributed by atoms with van der Waals surface area (Å²) >= 11 is 0. The monoisotopic (exact) mass is 411 g/mol. The Morgan fingerprint density at radius 2 is 1.70 bits per heavy atom. The van der Waals surface area contributed by atoms with E-state index in [1.54, 1.807) is 6.33 Å². The number of aromatic amines is 1. The highest BCUT2D eigenvalue weighted by molar-refractivity contribution is 5.82. The summed E-state index contributed by atoms with van der Waals surface area (Å²) < 4.78 is 5.26. The van der Waals surface area contributed by atoms with Gasteiger partial charge in [-0.05, 0) is 18.4 Å². The third kappa shape index (κ3) is 3.94. The van der Waals surface area contributed by atoms with Crippen molar-refractivity contribution in [1.82, 2.24) is 19.9 Å². The lowest BCUT2D eigenvalue weighted by atomic mass is 9.79. The van der Waals surface area contributed by atoms with Crippen LogP contribution in [0.1, 0.15) is 18.4 Å². The molecule has 4 aliphatic rings. The van der Waals surface area contributed by atoms with Crippen molar-refractivity contribution in [2.75, 3.05) is 5.32 Å². The number of nitrogens with zero attached hydrogens (tertiary/aromatic N) is 3. The van der Waals surface area contributed by atoms with Crippen LogP contribution in [-0.2, 0) is 20.9 Å². The third-order valence-corrected chi connectivity index (χ3v) is 5.37. The third-order valence-electron chi connectivity index (χ3n) is 5.37. The summed E-state index contributed by atoms with van der Waals surface area (Å²) in [7, 11) is 0. The first-order chi connectivity index (χ1) is 14.5. The van der Waals surface area contributed by atoms with Gasteiger partial charge in [-0.1, -0.05) is 30.3 Å². The zero-order valence-electron chi connectivity index (χ0n) is 15.9. The Labute approximate surface area is 171 Å².